The molecule has 3 heteroatoms. The van der Waals surface area contributed by atoms with Crippen LogP contribution >= 0.6 is 0 Å². The number of nitrogens with one attached hydrogen (secondary N) is 1. The van der Waals surface area contributed by atoms with Crippen molar-refractivity contribution in [1.82, 2.24) is 5.32 Å². The van der Waals surface area contributed by atoms with Crippen LogP contribution in [-0.4, -0.2) is 0 Å². The van der Waals surface area contributed by atoms with Crippen LogP contribution in [0, 0.1) is 5.82 Å². The average Bonchev–Trinajstić information content (AvgIpc) is 2.88. The molecule has 1 atom stereocenters. The lowest BCUT2D eigenvalue weighted by Crippen LogP contribution is -2.17. The molecule has 0 spiro atoms. The van der Waals surface area contributed by atoms with Gasteiger partial charge in [0, 0.05) is 11.4 Å². The lowest BCUT2D eigenvalue weighted by atomic mass is 10.1. The molecule has 0 bridgehead atoms. The van der Waals surface area contributed by atoms with Crippen molar-refractivity contribution < 1.29 is 8.81 Å². The zero-order valence-corrected chi connectivity index (χ0v) is 11.3. The summed E-state index contributed by atoms with van der Waals surface area (Å²) in [7, 11) is 0. The van der Waals surface area contributed by atoms with E-state index in [2.05, 4.69) is 12.2 Å². The summed E-state index contributed by atoms with van der Waals surface area (Å²) in [6, 6.07) is 16.7. The highest BCUT2D eigenvalue weighted by Crippen LogP contribution is 2.20. The number of furan rings is 1. The lowest BCUT2D eigenvalue weighted by Gasteiger charge is -2.13. The van der Waals surface area contributed by atoms with Crippen LogP contribution in [0.1, 0.15) is 24.3 Å². The molecular weight excluding hydrogens is 253 g/mol. The Kier molecular flexibility index (Phi) is 3.52. The molecule has 0 fully saturated rings. The van der Waals surface area contributed by atoms with Crippen LogP contribution in [0.3, 0.4) is 0 Å². The largest absolute Gasteiger partial charge is 0.460 e. The van der Waals surface area contributed by atoms with Gasteiger partial charge in [0.15, 0.2) is 0 Å². The van der Waals surface area contributed by atoms with E-state index < -0.39 is 0 Å². The summed E-state index contributed by atoms with van der Waals surface area (Å²) in [5.74, 6) is 0.693. The molecule has 2 aromatic carbocycles. The summed E-state index contributed by atoms with van der Waals surface area (Å²) in [6.07, 6.45) is 0. The Bertz CT molecular complexity index is 669. The van der Waals surface area contributed by atoms with Gasteiger partial charge in [-0.3, -0.25) is 0 Å². The van der Waals surface area contributed by atoms with Crippen molar-refractivity contribution in [1.29, 1.82) is 0 Å². The molecule has 1 aromatic heterocycles. The highest BCUT2D eigenvalue weighted by atomic mass is 19.1. The second-order valence-electron chi connectivity index (χ2n) is 4.90. The molecule has 2 nitrogen and oxygen atoms in total. The van der Waals surface area contributed by atoms with Gasteiger partial charge >= 0.3 is 0 Å². The van der Waals surface area contributed by atoms with Gasteiger partial charge in [-0.1, -0.05) is 30.3 Å². The first-order valence-corrected chi connectivity index (χ1v) is 6.69. The quantitative estimate of drug-likeness (QED) is 0.758. The second kappa shape index (κ2) is 5.47. The fourth-order valence-electron chi connectivity index (χ4n) is 2.25. The Morgan fingerprint density at radius 2 is 1.85 bits per heavy atom. The standard InChI is InChI=1S/C17H16FNO/c1-12(13-6-8-15(18)9-7-13)19-11-16-10-14-4-2-3-5-17(14)20-16/h2-10,12,19H,11H2,1H3/t12-/m0/s1. The molecule has 0 aliphatic carbocycles. The van der Waals surface area contributed by atoms with Gasteiger partial charge in [0.2, 0.25) is 0 Å². The molecule has 1 N–H and O–H groups in total. The van der Waals surface area contributed by atoms with E-state index in [0.29, 0.717) is 6.54 Å². The van der Waals surface area contributed by atoms with Gasteiger partial charge in [-0.05, 0) is 36.8 Å². The Morgan fingerprint density at radius 1 is 1.10 bits per heavy atom. The van der Waals surface area contributed by atoms with Gasteiger partial charge in [0.05, 0.1) is 6.54 Å². The van der Waals surface area contributed by atoms with Gasteiger partial charge in [0.25, 0.3) is 0 Å². The molecule has 0 aliphatic rings. The minimum atomic E-state index is -0.210. The number of benzene rings is 2. The lowest BCUT2D eigenvalue weighted by molar-refractivity contribution is 0.482. The maximum atomic E-state index is 12.9. The molecule has 1 heterocycles. The number of para-hydroxylation sites is 1. The molecule has 0 saturated heterocycles. The van der Waals surface area contributed by atoms with Crippen molar-refractivity contribution in [3.8, 4) is 0 Å². The third-order valence-electron chi connectivity index (χ3n) is 3.43. The SMILES string of the molecule is C[C@H](NCc1cc2ccccc2o1)c1ccc(F)cc1. The third kappa shape index (κ3) is 2.73. The van der Waals surface area contributed by atoms with Crippen LogP contribution in [0.15, 0.2) is 59.0 Å². The van der Waals surface area contributed by atoms with E-state index in [4.69, 9.17) is 4.42 Å². The number of fused-ring (bicyclic) bond motifs is 1. The van der Waals surface area contributed by atoms with Crippen LogP contribution in [0.25, 0.3) is 11.0 Å². The van der Waals surface area contributed by atoms with E-state index in [1.54, 1.807) is 12.1 Å². The van der Waals surface area contributed by atoms with Gasteiger partial charge < -0.3 is 9.73 Å². The number of hydrogen-bond acceptors (Lipinski definition) is 2. The van der Waals surface area contributed by atoms with Crippen LogP contribution in [-0.2, 0) is 6.54 Å². The summed E-state index contributed by atoms with van der Waals surface area (Å²) in [6.45, 7) is 2.70. The van der Waals surface area contributed by atoms with Crippen LogP contribution < -0.4 is 5.32 Å². The van der Waals surface area contributed by atoms with Crippen LogP contribution in [0.2, 0.25) is 0 Å². The summed E-state index contributed by atoms with van der Waals surface area (Å²) in [4.78, 5) is 0. The van der Waals surface area contributed by atoms with E-state index in [1.807, 2.05) is 30.3 Å². The van der Waals surface area contributed by atoms with Gasteiger partial charge in [-0.15, -0.1) is 0 Å². The average molecular weight is 269 g/mol. The first-order chi connectivity index (χ1) is 9.72. The van der Waals surface area contributed by atoms with E-state index in [0.717, 1.165) is 22.3 Å². The second-order valence-corrected chi connectivity index (χ2v) is 4.90. The first kappa shape index (κ1) is 12.9. The van der Waals surface area contributed by atoms with Gasteiger partial charge in [0.1, 0.15) is 17.2 Å². The molecule has 3 aromatic rings. The molecular formula is C17H16FNO. The van der Waals surface area contributed by atoms with Crippen LogP contribution in [0.5, 0.6) is 0 Å². The van der Waals surface area contributed by atoms with Crippen molar-refractivity contribution in [3.05, 3.63) is 71.7 Å². The topological polar surface area (TPSA) is 25.2 Å². The van der Waals surface area contributed by atoms with E-state index in [1.165, 1.54) is 12.1 Å². The summed E-state index contributed by atoms with van der Waals surface area (Å²) < 4.78 is 18.6. The Balaban J connectivity index is 1.68. The Labute approximate surface area is 117 Å². The van der Waals surface area contributed by atoms with E-state index >= 15 is 0 Å². The fourth-order valence-corrected chi connectivity index (χ4v) is 2.25. The monoisotopic (exact) mass is 269 g/mol. The van der Waals surface area contributed by atoms with Crippen molar-refractivity contribution in [3.63, 3.8) is 0 Å². The smallest absolute Gasteiger partial charge is 0.134 e. The van der Waals surface area contributed by atoms with E-state index in [-0.39, 0.29) is 11.9 Å². The zero-order valence-electron chi connectivity index (χ0n) is 11.3. The maximum absolute atomic E-state index is 12.9. The maximum Gasteiger partial charge on any atom is 0.134 e. The van der Waals surface area contributed by atoms with Crippen molar-refractivity contribution in [2.75, 3.05) is 0 Å². The molecule has 0 saturated carbocycles. The van der Waals surface area contributed by atoms with E-state index in [9.17, 15) is 4.39 Å². The first-order valence-electron chi connectivity index (χ1n) is 6.69. The zero-order chi connectivity index (χ0) is 13.9. The normalized spacial score (nSPS) is 12.7. The number of hydrogen-bond donors (Lipinski definition) is 1. The van der Waals surface area contributed by atoms with Crippen molar-refractivity contribution in [2.45, 2.75) is 19.5 Å². The van der Waals surface area contributed by atoms with Crippen molar-refractivity contribution in [2.24, 2.45) is 0 Å². The summed E-state index contributed by atoms with van der Waals surface area (Å²) in [5, 5.41) is 4.49. The van der Waals surface area contributed by atoms with Crippen LogP contribution in [0.4, 0.5) is 4.39 Å². The molecule has 102 valence electrons. The van der Waals surface area contributed by atoms with Gasteiger partial charge in [-0.25, -0.2) is 4.39 Å². The Hall–Kier alpha value is -2.13. The predicted octanol–water partition coefficient (Wildman–Crippen LogP) is 4.42. The molecule has 20 heavy (non-hydrogen) atoms. The molecule has 3 rings (SSSR count). The molecule has 0 amide bonds. The molecule has 0 radical (unpaired) electrons. The summed E-state index contributed by atoms with van der Waals surface area (Å²) in [5.41, 5.74) is 1.96. The molecule has 0 aliphatic heterocycles. The molecule has 0 unspecified atom stereocenters. The fraction of sp³-hybridized carbons (Fsp3) is 0.176. The third-order valence-corrected chi connectivity index (χ3v) is 3.43. The van der Waals surface area contributed by atoms with Gasteiger partial charge in [-0.2, -0.15) is 0 Å². The summed E-state index contributed by atoms with van der Waals surface area (Å²) >= 11 is 0. The predicted molar refractivity (Wildman–Crippen MR) is 77.9 cm³/mol. The highest BCUT2D eigenvalue weighted by molar-refractivity contribution is 5.77. The Morgan fingerprint density at radius 3 is 2.60 bits per heavy atom. The highest BCUT2D eigenvalue weighted by Gasteiger charge is 2.07. The minimum absolute atomic E-state index is 0.142. The number of halogens is 1. The number of rotatable bonds is 4. The minimum Gasteiger partial charge on any atom is -0.460 e. The van der Waals surface area contributed by atoms with Crippen molar-refractivity contribution >= 4 is 11.0 Å².